The van der Waals surface area contributed by atoms with E-state index >= 15 is 0 Å². The van der Waals surface area contributed by atoms with Gasteiger partial charge in [0.05, 0.1) is 33.5 Å². The zero-order chi connectivity index (χ0) is 80.5. The van der Waals surface area contributed by atoms with E-state index in [9.17, 15) is 0 Å². The minimum atomic E-state index is 0.775. The average Bonchev–Trinajstić information content (AvgIpc) is 1.53. The van der Waals surface area contributed by atoms with Crippen molar-refractivity contribution in [2.24, 2.45) is 0 Å². The molecule has 0 saturated carbocycles. The van der Waals surface area contributed by atoms with Gasteiger partial charge in [-0.15, -0.1) is 0 Å². The van der Waals surface area contributed by atoms with Crippen molar-refractivity contribution in [1.29, 1.82) is 0 Å². The molecule has 5 nitrogen and oxygen atoms in total. The predicted octanol–water partition coefficient (Wildman–Crippen LogP) is 33.7. The molecule has 5 heteroatoms. The van der Waals surface area contributed by atoms with Crippen molar-refractivity contribution in [1.82, 2.24) is 0 Å². The predicted molar refractivity (Wildman–Crippen MR) is 513 cm³/mol. The van der Waals surface area contributed by atoms with Crippen LogP contribution in [-0.4, -0.2) is 0 Å². The van der Waals surface area contributed by atoms with Crippen LogP contribution >= 0.6 is 0 Å². The maximum absolute atomic E-state index is 7.60. The minimum Gasteiger partial charge on any atom is -0.455 e. The molecule has 24 aromatic rings. The number of aryl methyl sites for hydroxylation is 1. The molecule has 3 aromatic heterocycles. The summed E-state index contributed by atoms with van der Waals surface area (Å²) in [5.74, 6) is 0. The molecule has 0 bridgehead atoms. The van der Waals surface area contributed by atoms with Crippen LogP contribution in [0.5, 0.6) is 0 Å². The third kappa shape index (κ3) is 11.8. The third-order valence-electron chi connectivity index (χ3n) is 25.2. The van der Waals surface area contributed by atoms with E-state index in [0.29, 0.717) is 0 Å². The first kappa shape index (κ1) is 70.2. The second-order valence-electron chi connectivity index (χ2n) is 32.2. The van der Waals surface area contributed by atoms with Gasteiger partial charge in [-0.25, -0.2) is 0 Å². The summed E-state index contributed by atoms with van der Waals surface area (Å²) in [5, 5.41) is 17.8. The molecule has 0 amide bonds. The van der Waals surface area contributed by atoms with Crippen LogP contribution < -0.4 is 9.80 Å². The Morgan fingerprint density at radius 1 is 0.172 bits per heavy atom. The van der Waals surface area contributed by atoms with Crippen LogP contribution in [0.1, 0.15) is 5.56 Å². The van der Waals surface area contributed by atoms with Crippen LogP contribution in [0.2, 0.25) is 0 Å². The summed E-state index contributed by atoms with van der Waals surface area (Å²) >= 11 is 0. The molecule has 24 rings (SSSR count). The highest BCUT2D eigenvalue weighted by Crippen LogP contribution is 2.54. The van der Waals surface area contributed by atoms with E-state index in [4.69, 9.17) is 13.3 Å². The summed E-state index contributed by atoms with van der Waals surface area (Å²) < 4.78 is 21.9. The van der Waals surface area contributed by atoms with E-state index in [1.807, 2.05) is 0 Å². The molecular formula is C117H74N2O3. The highest BCUT2D eigenvalue weighted by molar-refractivity contribution is 6.24. The van der Waals surface area contributed by atoms with E-state index in [0.717, 1.165) is 194 Å². The standard InChI is InChI=1S/C117H74N2O3/c1-73-67-89(95-36-18-32-76-27-12-15-33-94(76)95)53-59-93(73)81-45-55-92(56-46-81)119(109-71-88(52-61-97(109)78-25-6-3-7-26-78)86-44-42-75-22-9-11-31-84(75)69-86)107-66-65-101(117-113(107)105-64-50-80-29-14-17-35-99(80)116(105)122-117)90-54-62-102-103-38-19-37-100(114(103)121-111(102)72-90)82-47-57-91(58-48-82)118(106-39-20-40-110-112(106)104-63-49-79-28-13-16-34-98(79)115(104)120-110)108-70-87(51-60-96(108)77-23-4-2-5-24-77)85-43-41-74-21-8-10-30-83(74)68-85/h2-72H,1H3. The van der Waals surface area contributed by atoms with E-state index in [-0.39, 0.29) is 0 Å². The first-order valence-corrected chi connectivity index (χ1v) is 41.8. The first-order valence-electron chi connectivity index (χ1n) is 41.8. The van der Waals surface area contributed by atoms with Gasteiger partial charge in [0.2, 0.25) is 0 Å². The number of hydrogen-bond acceptors (Lipinski definition) is 5. The number of furan rings is 3. The largest absolute Gasteiger partial charge is 0.455 e. The number of para-hydroxylation sites is 1. The lowest BCUT2D eigenvalue weighted by atomic mass is 9.93. The van der Waals surface area contributed by atoms with Gasteiger partial charge in [0.1, 0.15) is 33.5 Å². The molecule has 0 aliphatic heterocycles. The third-order valence-corrected chi connectivity index (χ3v) is 25.2. The zero-order valence-corrected chi connectivity index (χ0v) is 66.6. The van der Waals surface area contributed by atoms with Crippen molar-refractivity contribution in [3.8, 4) is 89.0 Å². The normalized spacial score (nSPS) is 11.8. The highest BCUT2D eigenvalue weighted by Gasteiger charge is 2.29. The second-order valence-corrected chi connectivity index (χ2v) is 32.2. The molecule has 122 heavy (non-hydrogen) atoms. The van der Waals surface area contributed by atoms with Gasteiger partial charge in [0.25, 0.3) is 0 Å². The van der Waals surface area contributed by atoms with Crippen molar-refractivity contribution in [2.75, 3.05) is 9.80 Å². The van der Waals surface area contributed by atoms with Crippen LogP contribution in [-0.2, 0) is 0 Å². The molecule has 21 aromatic carbocycles. The molecule has 0 saturated heterocycles. The van der Waals surface area contributed by atoms with Crippen molar-refractivity contribution >= 4 is 154 Å². The Balaban J connectivity index is 0.659. The minimum absolute atomic E-state index is 0.775. The van der Waals surface area contributed by atoms with Gasteiger partial charge in [0.15, 0.2) is 0 Å². The number of benzene rings is 21. The quantitative estimate of drug-likeness (QED) is 0.109. The van der Waals surface area contributed by atoms with Gasteiger partial charge in [-0.05, 0) is 219 Å². The molecule has 0 unspecified atom stereocenters. The topological polar surface area (TPSA) is 45.9 Å². The molecule has 570 valence electrons. The van der Waals surface area contributed by atoms with Gasteiger partial charge in [-0.2, -0.15) is 0 Å². The van der Waals surface area contributed by atoms with Crippen LogP contribution in [0.15, 0.2) is 444 Å². The smallest absolute Gasteiger partial charge is 0.145 e. The van der Waals surface area contributed by atoms with Crippen molar-refractivity contribution in [3.05, 3.63) is 436 Å². The van der Waals surface area contributed by atoms with Gasteiger partial charge >= 0.3 is 0 Å². The first-order chi connectivity index (χ1) is 60.4. The van der Waals surface area contributed by atoms with E-state index < -0.39 is 0 Å². The fourth-order valence-corrected chi connectivity index (χ4v) is 19.2. The van der Waals surface area contributed by atoms with Crippen molar-refractivity contribution < 1.29 is 13.3 Å². The summed E-state index contributed by atoms with van der Waals surface area (Å²) in [6, 6.07) is 157. The van der Waals surface area contributed by atoms with Crippen molar-refractivity contribution in [3.63, 3.8) is 0 Å². The molecule has 0 N–H and O–H groups in total. The highest BCUT2D eigenvalue weighted by atomic mass is 16.3. The Hall–Kier alpha value is -16.1. The summed E-state index contributed by atoms with van der Waals surface area (Å²) in [6.07, 6.45) is 0. The molecule has 0 atom stereocenters. The summed E-state index contributed by atoms with van der Waals surface area (Å²) in [7, 11) is 0. The summed E-state index contributed by atoms with van der Waals surface area (Å²) in [6.45, 7) is 2.24. The number of rotatable bonds is 14. The summed E-state index contributed by atoms with van der Waals surface area (Å²) in [5.41, 5.74) is 29.7. The molecule has 0 spiro atoms. The van der Waals surface area contributed by atoms with Crippen LogP contribution in [0, 0.1) is 6.92 Å². The monoisotopic (exact) mass is 1550 g/mol. The Kier molecular flexibility index (Phi) is 16.5. The maximum atomic E-state index is 7.60. The number of anilines is 6. The molecule has 3 heterocycles. The number of nitrogens with zero attached hydrogens (tertiary/aromatic N) is 2. The molecule has 0 fully saturated rings. The average molecular weight is 1560 g/mol. The second kappa shape index (κ2) is 28.6. The lowest BCUT2D eigenvalue weighted by molar-refractivity contribution is 0.669. The van der Waals surface area contributed by atoms with Crippen LogP contribution in [0.25, 0.3) is 209 Å². The fraction of sp³-hybridized carbons (Fsp3) is 0.00855. The van der Waals surface area contributed by atoms with E-state index in [1.54, 1.807) is 0 Å². The summed E-state index contributed by atoms with van der Waals surface area (Å²) in [4.78, 5) is 4.92. The lowest BCUT2D eigenvalue weighted by Gasteiger charge is -2.30. The van der Waals surface area contributed by atoms with Gasteiger partial charge in [-0.3, -0.25) is 0 Å². The van der Waals surface area contributed by atoms with Crippen molar-refractivity contribution in [2.45, 2.75) is 6.92 Å². The number of fused-ring (bicyclic) bond motifs is 16. The zero-order valence-electron chi connectivity index (χ0n) is 66.6. The maximum Gasteiger partial charge on any atom is 0.145 e. The van der Waals surface area contributed by atoms with Gasteiger partial charge < -0.3 is 23.1 Å². The van der Waals surface area contributed by atoms with Gasteiger partial charge in [0, 0.05) is 65.9 Å². The Morgan fingerprint density at radius 3 is 1.18 bits per heavy atom. The van der Waals surface area contributed by atoms with E-state index in [2.05, 4.69) is 447 Å². The Bertz CT molecular complexity index is 8330. The number of hydrogen-bond donors (Lipinski definition) is 0. The molecular weight excluding hydrogens is 1480 g/mol. The Labute approximate surface area is 704 Å². The van der Waals surface area contributed by atoms with Crippen LogP contribution in [0.3, 0.4) is 0 Å². The van der Waals surface area contributed by atoms with Gasteiger partial charge in [-0.1, -0.05) is 334 Å². The molecule has 0 aliphatic rings. The Morgan fingerprint density at radius 2 is 0.566 bits per heavy atom. The SMILES string of the molecule is Cc1cc(-c2cccc3ccccc23)ccc1-c1ccc(N(c2cc(-c3ccc4ccccc4c3)ccc2-c2ccccc2)c2ccc(-c3ccc4c(c3)oc3c(-c5ccc(N(c6cc(-c7ccc8ccccc8c7)ccc6-c6ccccc6)c6cccc7oc8c9ccccc9ccc8c67)cc5)cccc34)c3oc4c5ccccc5ccc4c23)cc1. The fourth-order valence-electron chi connectivity index (χ4n) is 19.2. The lowest BCUT2D eigenvalue weighted by Crippen LogP contribution is -2.12. The molecule has 0 aliphatic carbocycles. The van der Waals surface area contributed by atoms with E-state index in [1.165, 1.54) is 54.6 Å². The molecule has 0 radical (unpaired) electrons. The van der Waals surface area contributed by atoms with Crippen LogP contribution in [0.4, 0.5) is 34.1 Å².